The van der Waals surface area contributed by atoms with Crippen LogP contribution in [0.15, 0.2) is 42.3 Å². The number of nitrogens with one attached hydrogen (secondary N) is 1. The van der Waals surface area contributed by atoms with Crippen molar-refractivity contribution in [3.63, 3.8) is 0 Å². The van der Waals surface area contributed by atoms with Gasteiger partial charge in [-0.15, -0.1) is 11.3 Å². The van der Waals surface area contributed by atoms with E-state index >= 15 is 0 Å². The van der Waals surface area contributed by atoms with Crippen LogP contribution in [-0.2, 0) is 19.6 Å². The summed E-state index contributed by atoms with van der Waals surface area (Å²) in [6.45, 7) is 4.67. The first-order chi connectivity index (χ1) is 12.4. The first kappa shape index (κ1) is 16.2. The van der Waals surface area contributed by atoms with Crippen molar-refractivity contribution in [1.82, 2.24) is 29.6 Å². The first-order valence-electron chi connectivity index (χ1n) is 8.49. The lowest BCUT2D eigenvalue weighted by molar-refractivity contribution is 0.216. The summed E-state index contributed by atoms with van der Waals surface area (Å²) in [7, 11) is 0. The number of hydrogen-bond donors (Lipinski definition) is 1. The van der Waals surface area contributed by atoms with E-state index in [1.54, 1.807) is 23.7 Å². The van der Waals surface area contributed by atoms with E-state index in [0.29, 0.717) is 11.9 Å². The molecule has 7 nitrogen and oxygen atoms in total. The lowest BCUT2D eigenvalue weighted by Gasteiger charge is -2.23. The number of thiazole rings is 1. The number of fused-ring (bicyclic) bond motifs is 1. The minimum Gasteiger partial charge on any atom is -0.354 e. The van der Waals surface area contributed by atoms with E-state index in [1.165, 1.54) is 10.7 Å². The maximum atomic E-state index is 4.50. The van der Waals surface area contributed by atoms with Crippen LogP contribution in [0.4, 0.5) is 5.95 Å². The van der Waals surface area contributed by atoms with Gasteiger partial charge < -0.3 is 5.32 Å². The van der Waals surface area contributed by atoms with Crippen LogP contribution in [0.3, 0.4) is 0 Å². The van der Waals surface area contributed by atoms with Gasteiger partial charge >= 0.3 is 0 Å². The van der Waals surface area contributed by atoms with Crippen molar-refractivity contribution >= 4 is 17.3 Å². The Bertz CT molecular complexity index is 771. The van der Waals surface area contributed by atoms with Crippen molar-refractivity contribution in [1.29, 1.82) is 0 Å². The minimum absolute atomic E-state index is 0.525. The fraction of sp³-hybridized carbons (Fsp3) is 0.412. The second kappa shape index (κ2) is 7.71. The summed E-state index contributed by atoms with van der Waals surface area (Å²) in [5.41, 5.74) is 1.28. The van der Waals surface area contributed by atoms with Crippen LogP contribution >= 0.6 is 11.3 Å². The molecule has 0 fully saturated rings. The fourth-order valence-electron chi connectivity index (χ4n) is 3.22. The van der Waals surface area contributed by atoms with E-state index in [4.69, 9.17) is 0 Å². The summed E-state index contributed by atoms with van der Waals surface area (Å²) in [6.07, 6.45) is 8.34. The summed E-state index contributed by atoms with van der Waals surface area (Å²) < 4.78 is 2.14. The van der Waals surface area contributed by atoms with E-state index < -0.39 is 0 Å². The second-order valence-electron chi connectivity index (χ2n) is 6.25. The molecule has 0 saturated heterocycles. The van der Waals surface area contributed by atoms with Crippen LogP contribution in [0.25, 0.3) is 0 Å². The predicted octanol–water partition coefficient (Wildman–Crippen LogP) is 2.26. The van der Waals surface area contributed by atoms with Crippen molar-refractivity contribution in [2.45, 2.75) is 26.1 Å². The zero-order valence-corrected chi connectivity index (χ0v) is 14.8. The Morgan fingerprint density at radius 1 is 1.12 bits per heavy atom. The Balaban J connectivity index is 1.40. The minimum atomic E-state index is 0.525. The van der Waals surface area contributed by atoms with Crippen molar-refractivity contribution in [2.75, 3.05) is 18.4 Å². The maximum absolute atomic E-state index is 4.50. The smallest absolute Gasteiger partial charge is 0.222 e. The summed E-state index contributed by atoms with van der Waals surface area (Å²) in [5.74, 6) is 1.22. The summed E-state index contributed by atoms with van der Waals surface area (Å²) >= 11 is 1.72. The van der Waals surface area contributed by atoms with E-state index in [2.05, 4.69) is 41.0 Å². The van der Waals surface area contributed by atoms with Gasteiger partial charge in [0.15, 0.2) is 0 Å². The molecule has 0 saturated carbocycles. The molecule has 1 N–H and O–H groups in total. The molecule has 0 spiro atoms. The molecule has 1 aliphatic rings. The van der Waals surface area contributed by atoms with Gasteiger partial charge in [0.1, 0.15) is 5.01 Å². The predicted molar refractivity (Wildman–Crippen MR) is 97.1 cm³/mol. The molecule has 3 aromatic rings. The Labute approximate surface area is 150 Å². The molecule has 0 aliphatic carbocycles. The molecular weight excluding hydrogens is 334 g/mol. The van der Waals surface area contributed by atoms with Gasteiger partial charge in [-0.25, -0.2) is 15.0 Å². The Hall–Kier alpha value is -2.32. The van der Waals surface area contributed by atoms with Crippen molar-refractivity contribution < 1.29 is 0 Å². The molecule has 0 amide bonds. The number of aromatic nitrogens is 5. The largest absolute Gasteiger partial charge is 0.354 e. The Morgan fingerprint density at radius 3 is 2.88 bits per heavy atom. The highest BCUT2D eigenvalue weighted by molar-refractivity contribution is 7.09. The van der Waals surface area contributed by atoms with E-state index in [0.717, 1.165) is 39.1 Å². The average molecular weight is 355 g/mol. The normalized spacial score (nSPS) is 17.8. The van der Waals surface area contributed by atoms with Gasteiger partial charge in [0.2, 0.25) is 5.95 Å². The molecule has 0 bridgehead atoms. The SMILES string of the molecule is c1cnc(NCC[C@@H]2CN(Cc3nccs3)Cc3ccnn3C2)nc1. The number of rotatable bonds is 6. The Kier molecular flexibility index (Phi) is 4.98. The molecule has 130 valence electrons. The molecule has 25 heavy (non-hydrogen) atoms. The monoisotopic (exact) mass is 355 g/mol. The highest BCUT2D eigenvalue weighted by Gasteiger charge is 2.22. The molecule has 1 atom stereocenters. The average Bonchev–Trinajstić information content (AvgIpc) is 3.25. The third-order valence-electron chi connectivity index (χ3n) is 4.38. The molecule has 0 aromatic carbocycles. The van der Waals surface area contributed by atoms with Gasteiger partial charge in [-0.1, -0.05) is 0 Å². The zero-order chi connectivity index (χ0) is 16.9. The van der Waals surface area contributed by atoms with Gasteiger partial charge in [-0.2, -0.15) is 5.10 Å². The molecule has 0 radical (unpaired) electrons. The lowest BCUT2D eigenvalue weighted by atomic mass is 10.1. The first-order valence-corrected chi connectivity index (χ1v) is 9.37. The Morgan fingerprint density at radius 2 is 2.04 bits per heavy atom. The van der Waals surface area contributed by atoms with Crippen LogP contribution < -0.4 is 5.32 Å². The molecule has 4 heterocycles. The fourth-order valence-corrected chi connectivity index (χ4v) is 3.88. The van der Waals surface area contributed by atoms with Crippen molar-refractivity contribution in [3.05, 3.63) is 53.0 Å². The summed E-state index contributed by atoms with van der Waals surface area (Å²) in [5, 5.41) is 11.0. The van der Waals surface area contributed by atoms with Crippen molar-refractivity contribution in [3.8, 4) is 0 Å². The van der Waals surface area contributed by atoms with Crippen LogP contribution in [0.2, 0.25) is 0 Å². The lowest BCUT2D eigenvalue weighted by Crippen LogP contribution is -2.28. The van der Waals surface area contributed by atoms with Crippen LogP contribution in [0.5, 0.6) is 0 Å². The summed E-state index contributed by atoms with van der Waals surface area (Å²) in [6, 6.07) is 3.94. The highest BCUT2D eigenvalue weighted by Crippen LogP contribution is 2.20. The quantitative estimate of drug-likeness (QED) is 0.731. The number of nitrogens with zero attached hydrogens (tertiary/aromatic N) is 6. The van der Waals surface area contributed by atoms with Gasteiger partial charge in [-0.3, -0.25) is 9.58 Å². The second-order valence-corrected chi connectivity index (χ2v) is 7.23. The molecular formula is C17H21N7S. The zero-order valence-electron chi connectivity index (χ0n) is 14.0. The van der Waals surface area contributed by atoms with Gasteiger partial charge in [0.25, 0.3) is 0 Å². The summed E-state index contributed by atoms with van der Waals surface area (Å²) in [4.78, 5) is 15.3. The molecule has 8 heteroatoms. The van der Waals surface area contributed by atoms with Crippen LogP contribution in [-0.4, -0.2) is 42.7 Å². The maximum Gasteiger partial charge on any atom is 0.222 e. The molecule has 1 aliphatic heterocycles. The standard InChI is InChI=1S/C17H21N7S/c1-4-19-17(20-5-1)21-6-2-14-10-23(13-16-18-8-9-25-16)12-15-3-7-22-24(15)11-14/h1,3-5,7-9,14H,2,6,10-13H2,(H,19,20,21)/t14-/m1/s1. The van der Waals surface area contributed by atoms with Crippen molar-refractivity contribution in [2.24, 2.45) is 5.92 Å². The molecule has 3 aromatic heterocycles. The van der Waals surface area contributed by atoms with E-state index in [-0.39, 0.29) is 0 Å². The molecule has 0 unspecified atom stereocenters. The molecule has 4 rings (SSSR count). The van der Waals surface area contributed by atoms with E-state index in [9.17, 15) is 0 Å². The van der Waals surface area contributed by atoms with Crippen LogP contribution in [0, 0.1) is 5.92 Å². The third-order valence-corrected chi connectivity index (χ3v) is 5.15. The topological polar surface area (TPSA) is 71.8 Å². The highest BCUT2D eigenvalue weighted by atomic mass is 32.1. The number of anilines is 1. The third kappa shape index (κ3) is 4.21. The van der Waals surface area contributed by atoms with E-state index in [1.807, 2.05) is 23.8 Å². The van der Waals surface area contributed by atoms with Gasteiger partial charge in [0.05, 0.1) is 12.2 Å². The van der Waals surface area contributed by atoms with Gasteiger partial charge in [-0.05, 0) is 24.5 Å². The van der Waals surface area contributed by atoms with Crippen LogP contribution in [0.1, 0.15) is 17.1 Å². The number of hydrogen-bond acceptors (Lipinski definition) is 7. The van der Waals surface area contributed by atoms with Gasteiger partial charge in [0, 0.05) is 56.3 Å².